The van der Waals surface area contributed by atoms with Crippen molar-refractivity contribution >= 4 is 34.3 Å². The molecule has 1 amide bonds. The number of nitrogens with zero attached hydrogens (tertiary/aromatic N) is 3. The zero-order valence-corrected chi connectivity index (χ0v) is 10.8. The summed E-state index contributed by atoms with van der Waals surface area (Å²) in [6.07, 6.45) is 5.00. The number of hydrogen-bond donors (Lipinski definition) is 1. The standard InChI is InChI=1S/C12H12N4OS/c1-6-11(17)14-10-9-7-3-2-4-8(7)18-12(9)13-5-16(10)15-6/h5,10H,2-4H2,1H3,(H,14,17)/t10-/m0/s1. The molecule has 3 heterocycles. The summed E-state index contributed by atoms with van der Waals surface area (Å²) in [7, 11) is 0. The van der Waals surface area contributed by atoms with Crippen LogP contribution < -0.4 is 5.32 Å². The van der Waals surface area contributed by atoms with Crippen molar-refractivity contribution in [1.29, 1.82) is 0 Å². The van der Waals surface area contributed by atoms with E-state index in [1.807, 2.05) is 0 Å². The van der Waals surface area contributed by atoms with Gasteiger partial charge in [-0.05, 0) is 31.7 Å². The number of hydrazone groups is 1. The first-order chi connectivity index (χ1) is 8.74. The van der Waals surface area contributed by atoms with Crippen molar-refractivity contribution in [3.8, 4) is 0 Å². The van der Waals surface area contributed by atoms with Crippen molar-refractivity contribution in [2.45, 2.75) is 32.4 Å². The Hall–Kier alpha value is -1.69. The van der Waals surface area contributed by atoms with E-state index in [2.05, 4.69) is 15.4 Å². The highest BCUT2D eigenvalue weighted by Crippen LogP contribution is 2.46. The number of nitrogens with one attached hydrogen (secondary N) is 1. The lowest BCUT2D eigenvalue weighted by molar-refractivity contribution is -0.117. The van der Waals surface area contributed by atoms with E-state index in [0.29, 0.717) is 5.71 Å². The SMILES string of the molecule is CC1=NN2C=Nc3sc4c(c3[C@H]2NC1=O)CCC4. The molecule has 0 spiro atoms. The van der Waals surface area contributed by atoms with Gasteiger partial charge in [-0.15, -0.1) is 11.3 Å². The van der Waals surface area contributed by atoms with Crippen molar-refractivity contribution in [1.82, 2.24) is 10.3 Å². The quantitative estimate of drug-likeness (QED) is 0.772. The number of carbonyl (C=O) groups is 1. The average molecular weight is 260 g/mol. The largest absolute Gasteiger partial charge is 0.325 e. The maximum atomic E-state index is 11.8. The topological polar surface area (TPSA) is 57.1 Å². The molecule has 1 aromatic rings. The molecule has 1 atom stereocenters. The Bertz CT molecular complexity index is 616. The van der Waals surface area contributed by atoms with Gasteiger partial charge >= 0.3 is 0 Å². The number of thiophene rings is 1. The number of hydrogen-bond acceptors (Lipinski definition) is 5. The van der Waals surface area contributed by atoms with Crippen LogP contribution in [0.25, 0.3) is 0 Å². The Morgan fingerprint density at radius 1 is 1.50 bits per heavy atom. The van der Waals surface area contributed by atoms with Gasteiger partial charge in [-0.1, -0.05) is 0 Å². The van der Waals surface area contributed by atoms with E-state index in [0.717, 1.165) is 17.8 Å². The van der Waals surface area contributed by atoms with Crippen LogP contribution in [0.2, 0.25) is 0 Å². The predicted molar refractivity (Wildman–Crippen MR) is 70.3 cm³/mol. The fourth-order valence-corrected chi connectivity index (χ4v) is 4.03. The van der Waals surface area contributed by atoms with Crippen molar-refractivity contribution in [2.75, 3.05) is 0 Å². The van der Waals surface area contributed by atoms with Gasteiger partial charge in [0.05, 0.1) is 0 Å². The molecule has 0 fully saturated rings. The normalized spacial score (nSPS) is 24.3. The van der Waals surface area contributed by atoms with Crippen LogP contribution in [0.1, 0.15) is 35.5 Å². The van der Waals surface area contributed by atoms with Crippen LogP contribution in [0.15, 0.2) is 10.1 Å². The highest BCUT2D eigenvalue weighted by atomic mass is 32.1. The first-order valence-corrected chi connectivity index (χ1v) is 6.89. The van der Waals surface area contributed by atoms with Crippen LogP contribution in [0.4, 0.5) is 5.00 Å². The van der Waals surface area contributed by atoms with E-state index in [4.69, 9.17) is 0 Å². The number of amides is 1. The summed E-state index contributed by atoms with van der Waals surface area (Å²) in [5, 5.41) is 10.1. The Morgan fingerprint density at radius 3 is 3.28 bits per heavy atom. The molecule has 6 heteroatoms. The van der Waals surface area contributed by atoms with E-state index in [9.17, 15) is 4.79 Å². The molecule has 0 saturated heterocycles. The van der Waals surface area contributed by atoms with Gasteiger partial charge in [0.2, 0.25) is 0 Å². The van der Waals surface area contributed by atoms with Crippen molar-refractivity contribution in [3.05, 3.63) is 16.0 Å². The highest BCUT2D eigenvalue weighted by Gasteiger charge is 2.36. The van der Waals surface area contributed by atoms with Gasteiger partial charge < -0.3 is 5.32 Å². The van der Waals surface area contributed by atoms with Crippen LogP contribution in [0, 0.1) is 0 Å². The van der Waals surface area contributed by atoms with Crippen LogP contribution in [-0.4, -0.2) is 23.0 Å². The van der Waals surface area contributed by atoms with Gasteiger partial charge in [0.15, 0.2) is 6.17 Å². The molecular weight excluding hydrogens is 248 g/mol. The molecule has 92 valence electrons. The lowest BCUT2D eigenvalue weighted by Crippen LogP contribution is -2.47. The molecule has 0 bridgehead atoms. The second-order valence-corrected chi connectivity index (χ2v) is 5.85. The Balaban J connectivity index is 1.87. The summed E-state index contributed by atoms with van der Waals surface area (Å²) in [5.74, 6) is -0.0875. The number of rotatable bonds is 0. The summed E-state index contributed by atoms with van der Waals surface area (Å²) in [5.41, 5.74) is 3.03. The Labute approximate surface area is 108 Å². The molecule has 1 aromatic heterocycles. The van der Waals surface area contributed by atoms with Crippen molar-refractivity contribution in [2.24, 2.45) is 10.1 Å². The molecule has 2 aliphatic heterocycles. The Kier molecular flexibility index (Phi) is 1.94. The minimum atomic E-state index is -0.160. The first-order valence-electron chi connectivity index (χ1n) is 6.07. The fourth-order valence-electron chi connectivity index (χ4n) is 2.77. The van der Waals surface area contributed by atoms with E-state index in [-0.39, 0.29) is 12.1 Å². The summed E-state index contributed by atoms with van der Waals surface area (Å²) in [6.45, 7) is 1.72. The summed E-state index contributed by atoms with van der Waals surface area (Å²) in [4.78, 5) is 17.7. The zero-order chi connectivity index (χ0) is 12.3. The Morgan fingerprint density at radius 2 is 2.39 bits per heavy atom. The molecule has 0 saturated carbocycles. The second-order valence-electron chi connectivity index (χ2n) is 4.76. The number of aryl methyl sites for hydroxylation is 1. The predicted octanol–water partition coefficient (Wildman–Crippen LogP) is 1.72. The number of carbonyl (C=O) groups excluding carboxylic acids is 1. The van der Waals surface area contributed by atoms with Gasteiger partial charge in [-0.25, -0.2) is 10.0 Å². The van der Waals surface area contributed by atoms with E-state index < -0.39 is 0 Å². The third-order valence-corrected chi connectivity index (χ3v) is 4.85. The molecule has 0 radical (unpaired) electrons. The molecule has 18 heavy (non-hydrogen) atoms. The molecule has 3 aliphatic rings. The maximum Gasteiger partial charge on any atom is 0.269 e. The van der Waals surface area contributed by atoms with Gasteiger partial charge in [0.25, 0.3) is 5.91 Å². The minimum absolute atomic E-state index is 0.0875. The van der Waals surface area contributed by atoms with E-state index in [1.165, 1.54) is 22.4 Å². The van der Waals surface area contributed by atoms with Gasteiger partial charge in [0, 0.05) is 10.4 Å². The second kappa shape index (κ2) is 3.41. The zero-order valence-electron chi connectivity index (χ0n) is 9.93. The van der Waals surface area contributed by atoms with Gasteiger partial charge in [-0.3, -0.25) is 4.79 Å². The van der Waals surface area contributed by atoms with Gasteiger partial charge in [0.1, 0.15) is 17.1 Å². The highest BCUT2D eigenvalue weighted by molar-refractivity contribution is 7.16. The van der Waals surface area contributed by atoms with Crippen LogP contribution in [0.3, 0.4) is 0 Å². The average Bonchev–Trinajstić information content (AvgIpc) is 2.90. The molecular formula is C12H12N4OS. The van der Waals surface area contributed by atoms with Crippen molar-refractivity contribution in [3.63, 3.8) is 0 Å². The molecule has 5 nitrogen and oxygen atoms in total. The van der Waals surface area contributed by atoms with Gasteiger partial charge in [-0.2, -0.15) is 5.10 Å². The monoisotopic (exact) mass is 260 g/mol. The van der Waals surface area contributed by atoms with Crippen LogP contribution >= 0.6 is 11.3 Å². The first kappa shape index (κ1) is 10.3. The molecule has 4 rings (SSSR count). The molecule has 1 aliphatic carbocycles. The smallest absolute Gasteiger partial charge is 0.269 e. The maximum absolute atomic E-state index is 11.8. The third kappa shape index (κ3) is 1.23. The molecule has 1 N–H and O–H groups in total. The minimum Gasteiger partial charge on any atom is -0.325 e. The molecule has 0 unspecified atom stereocenters. The summed E-state index contributed by atoms with van der Waals surface area (Å²) in [6, 6.07) is 0. The van der Waals surface area contributed by atoms with E-state index in [1.54, 1.807) is 29.6 Å². The third-order valence-electron chi connectivity index (χ3n) is 3.64. The fraction of sp³-hybridized carbons (Fsp3) is 0.417. The number of aliphatic imine (C=N–C) groups is 1. The molecule has 0 aromatic carbocycles. The lowest BCUT2D eigenvalue weighted by atomic mass is 10.1. The summed E-state index contributed by atoms with van der Waals surface area (Å²) < 4.78 is 0. The van der Waals surface area contributed by atoms with Crippen LogP contribution in [0.5, 0.6) is 0 Å². The van der Waals surface area contributed by atoms with Crippen LogP contribution in [-0.2, 0) is 17.6 Å². The lowest BCUT2D eigenvalue weighted by Gasteiger charge is -2.33. The summed E-state index contributed by atoms with van der Waals surface area (Å²) >= 11 is 1.76. The number of fused-ring (bicyclic) bond motifs is 5. The van der Waals surface area contributed by atoms with E-state index >= 15 is 0 Å². The van der Waals surface area contributed by atoms with Crippen molar-refractivity contribution < 1.29 is 4.79 Å².